The molecule has 3 heteroatoms. The molecule has 0 aromatic rings. The number of rotatable bonds is 3. The maximum Gasteiger partial charge on any atom is 0.156 e. The van der Waals surface area contributed by atoms with Gasteiger partial charge in [-0.05, 0) is 55.9 Å². The topological polar surface area (TPSA) is 43.1 Å². The number of hydrogen-bond donors (Lipinski definition) is 1. The predicted molar refractivity (Wildman–Crippen MR) is 106 cm³/mol. The standard InChI is InChI=1S/C21H31NOS/c1-15-11-13-21(3,4)12-7-10-18(16(2)23)20(24-15)19-9-6-5-8-17(19)14-22/h5-6,8-9,17,19H,1,7,10-14,22H2,2-4H3/b20-18+. The second-order valence-corrected chi connectivity index (χ2v) is 8.97. The van der Waals surface area contributed by atoms with Crippen LogP contribution in [0.5, 0.6) is 0 Å². The minimum atomic E-state index is 0.197. The Morgan fingerprint density at radius 1 is 1.29 bits per heavy atom. The monoisotopic (exact) mass is 345 g/mol. The molecule has 0 aromatic carbocycles. The van der Waals surface area contributed by atoms with E-state index in [1.54, 1.807) is 18.7 Å². The highest BCUT2D eigenvalue weighted by Crippen LogP contribution is 2.44. The Labute approximate surface area is 151 Å². The van der Waals surface area contributed by atoms with Crippen molar-refractivity contribution in [1.29, 1.82) is 0 Å². The number of carbonyl (C=O) groups is 1. The average Bonchev–Trinajstić information content (AvgIpc) is 2.54. The summed E-state index contributed by atoms with van der Waals surface area (Å²) in [7, 11) is 0. The van der Waals surface area contributed by atoms with Gasteiger partial charge in [-0.3, -0.25) is 4.79 Å². The van der Waals surface area contributed by atoms with Crippen molar-refractivity contribution in [3.05, 3.63) is 46.3 Å². The third kappa shape index (κ3) is 4.97. The molecule has 0 bridgehead atoms. The summed E-state index contributed by atoms with van der Waals surface area (Å²) in [5.41, 5.74) is 7.30. The van der Waals surface area contributed by atoms with Gasteiger partial charge in [-0.1, -0.05) is 56.5 Å². The maximum absolute atomic E-state index is 12.4. The minimum Gasteiger partial charge on any atom is -0.330 e. The number of Topliss-reactive ketones (excluding diaryl/α,β-unsaturated/α-hetero) is 1. The van der Waals surface area contributed by atoms with Crippen LogP contribution < -0.4 is 5.73 Å². The summed E-state index contributed by atoms with van der Waals surface area (Å²) < 4.78 is 0. The third-order valence-electron chi connectivity index (χ3n) is 5.16. The molecule has 1 aliphatic carbocycles. The van der Waals surface area contributed by atoms with E-state index >= 15 is 0 Å². The van der Waals surface area contributed by atoms with E-state index < -0.39 is 0 Å². The summed E-state index contributed by atoms with van der Waals surface area (Å²) in [5.74, 6) is 0.662. The molecule has 0 saturated carbocycles. The van der Waals surface area contributed by atoms with Crippen molar-refractivity contribution in [1.82, 2.24) is 0 Å². The van der Waals surface area contributed by atoms with Crippen molar-refractivity contribution in [3.63, 3.8) is 0 Å². The largest absolute Gasteiger partial charge is 0.330 e. The number of ketones is 1. The Bertz CT molecular complexity index is 583. The van der Waals surface area contributed by atoms with Crippen LogP contribution in [-0.2, 0) is 4.79 Å². The van der Waals surface area contributed by atoms with Gasteiger partial charge in [-0.25, -0.2) is 0 Å². The first-order valence-corrected chi connectivity index (χ1v) is 9.80. The van der Waals surface area contributed by atoms with E-state index in [2.05, 4.69) is 44.7 Å². The van der Waals surface area contributed by atoms with Gasteiger partial charge in [0.25, 0.3) is 0 Å². The van der Waals surface area contributed by atoms with Crippen molar-refractivity contribution in [3.8, 4) is 0 Å². The van der Waals surface area contributed by atoms with E-state index in [1.165, 1.54) is 4.91 Å². The zero-order valence-electron chi connectivity index (χ0n) is 15.3. The summed E-state index contributed by atoms with van der Waals surface area (Å²) in [6, 6.07) is 0. The summed E-state index contributed by atoms with van der Waals surface area (Å²) in [4.78, 5) is 14.8. The molecule has 2 atom stereocenters. The second-order valence-electron chi connectivity index (χ2n) is 7.75. The van der Waals surface area contributed by atoms with Crippen LogP contribution in [0.3, 0.4) is 0 Å². The first kappa shape index (κ1) is 19.3. The van der Waals surface area contributed by atoms with Crippen LogP contribution >= 0.6 is 11.8 Å². The van der Waals surface area contributed by atoms with Crippen LogP contribution in [0.1, 0.15) is 52.9 Å². The maximum atomic E-state index is 12.4. The molecule has 2 aliphatic rings. The highest BCUT2D eigenvalue weighted by atomic mass is 32.2. The fourth-order valence-electron chi connectivity index (χ4n) is 3.52. The van der Waals surface area contributed by atoms with Crippen LogP contribution in [0.2, 0.25) is 0 Å². The number of hydrogen-bond acceptors (Lipinski definition) is 3. The van der Waals surface area contributed by atoms with Gasteiger partial charge in [0.2, 0.25) is 0 Å². The molecular weight excluding hydrogens is 314 g/mol. The first-order valence-electron chi connectivity index (χ1n) is 8.99. The first-order chi connectivity index (χ1) is 11.3. The average molecular weight is 346 g/mol. The van der Waals surface area contributed by atoms with Crippen molar-refractivity contribution < 1.29 is 4.79 Å². The van der Waals surface area contributed by atoms with Gasteiger partial charge >= 0.3 is 0 Å². The molecule has 2 nitrogen and oxygen atoms in total. The molecule has 1 aliphatic heterocycles. The molecular formula is C21H31NOS. The van der Waals surface area contributed by atoms with Crippen LogP contribution in [-0.4, -0.2) is 12.3 Å². The molecule has 1 heterocycles. The summed E-state index contributed by atoms with van der Waals surface area (Å²) >= 11 is 1.73. The van der Waals surface area contributed by atoms with Crippen molar-refractivity contribution in [2.75, 3.05) is 6.54 Å². The van der Waals surface area contributed by atoms with E-state index in [1.807, 2.05) is 0 Å². The smallest absolute Gasteiger partial charge is 0.156 e. The highest BCUT2D eigenvalue weighted by molar-refractivity contribution is 8.06. The van der Waals surface area contributed by atoms with Gasteiger partial charge < -0.3 is 5.73 Å². The van der Waals surface area contributed by atoms with E-state index in [0.717, 1.165) is 42.6 Å². The molecule has 0 radical (unpaired) electrons. The Morgan fingerprint density at radius 3 is 2.67 bits per heavy atom. The molecule has 2 N–H and O–H groups in total. The molecule has 2 rings (SSSR count). The van der Waals surface area contributed by atoms with Gasteiger partial charge in [-0.15, -0.1) is 0 Å². The van der Waals surface area contributed by atoms with Crippen LogP contribution in [0, 0.1) is 17.3 Å². The molecule has 0 fully saturated rings. The quantitative estimate of drug-likeness (QED) is 0.746. The number of carbonyl (C=O) groups excluding carboxylic acids is 1. The van der Waals surface area contributed by atoms with Gasteiger partial charge in [0.15, 0.2) is 5.78 Å². The zero-order chi connectivity index (χ0) is 17.7. The Hall–Kier alpha value is -1.06. The number of nitrogens with two attached hydrogens (primary N) is 1. The van der Waals surface area contributed by atoms with Crippen molar-refractivity contribution in [2.24, 2.45) is 23.0 Å². The minimum absolute atomic E-state index is 0.197. The van der Waals surface area contributed by atoms with Gasteiger partial charge in [0.1, 0.15) is 0 Å². The molecule has 24 heavy (non-hydrogen) atoms. The third-order valence-corrected chi connectivity index (χ3v) is 6.39. The summed E-state index contributed by atoms with van der Waals surface area (Å²) in [5, 5.41) is 0. The highest BCUT2D eigenvalue weighted by Gasteiger charge is 2.28. The van der Waals surface area contributed by atoms with E-state index in [4.69, 9.17) is 5.73 Å². The fraction of sp³-hybridized carbons (Fsp3) is 0.571. The van der Waals surface area contributed by atoms with Crippen LogP contribution in [0.25, 0.3) is 0 Å². The van der Waals surface area contributed by atoms with E-state index in [9.17, 15) is 4.79 Å². The van der Waals surface area contributed by atoms with Crippen LogP contribution in [0.15, 0.2) is 46.3 Å². The van der Waals surface area contributed by atoms with Crippen LogP contribution in [0.4, 0.5) is 0 Å². The molecule has 0 aromatic heterocycles. The van der Waals surface area contributed by atoms with Gasteiger partial charge in [0, 0.05) is 22.3 Å². The fourth-order valence-corrected chi connectivity index (χ4v) is 4.79. The van der Waals surface area contributed by atoms with Gasteiger partial charge in [0.05, 0.1) is 0 Å². The molecule has 2 unspecified atom stereocenters. The van der Waals surface area contributed by atoms with Crippen molar-refractivity contribution >= 4 is 17.5 Å². The van der Waals surface area contributed by atoms with E-state index in [0.29, 0.717) is 12.0 Å². The number of thioether (sulfide) groups is 1. The Kier molecular flexibility index (Phi) is 6.70. The summed E-state index contributed by atoms with van der Waals surface area (Å²) in [6.07, 6.45) is 13.7. The normalized spacial score (nSPS) is 31.1. The lowest BCUT2D eigenvalue weighted by Crippen LogP contribution is -2.24. The summed E-state index contributed by atoms with van der Waals surface area (Å²) in [6.45, 7) is 11.2. The van der Waals surface area contributed by atoms with E-state index in [-0.39, 0.29) is 17.6 Å². The van der Waals surface area contributed by atoms with Crippen molar-refractivity contribution in [2.45, 2.75) is 52.9 Å². The zero-order valence-corrected chi connectivity index (χ0v) is 16.1. The molecule has 0 amide bonds. The molecule has 0 spiro atoms. The number of allylic oxidation sites excluding steroid dienone is 6. The molecule has 0 saturated heterocycles. The molecule has 132 valence electrons. The lowest BCUT2D eigenvalue weighted by atomic mass is 9.81. The lowest BCUT2D eigenvalue weighted by molar-refractivity contribution is -0.113. The Morgan fingerprint density at radius 2 is 2.00 bits per heavy atom. The lowest BCUT2D eigenvalue weighted by Gasteiger charge is -2.31. The predicted octanol–water partition coefficient (Wildman–Crippen LogP) is 5.38. The Balaban J connectivity index is 2.40. The SMILES string of the molecule is C=C1CCC(C)(C)CCC/C(C(C)=O)=C(/C2C=CC=CC2CN)S1. The second kappa shape index (κ2) is 8.35. The van der Waals surface area contributed by atoms with Gasteiger partial charge in [-0.2, -0.15) is 0 Å².